The second-order valence-corrected chi connectivity index (χ2v) is 7.02. The van der Waals surface area contributed by atoms with Crippen LogP contribution in [-0.4, -0.2) is 50.5 Å². The van der Waals surface area contributed by atoms with Gasteiger partial charge < -0.3 is 19.4 Å². The monoisotopic (exact) mass is 381 g/mol. The molecule has 2 aromatic rings. The van der Waals surface area contributed by atoms with Gasteiger partial charge in [0.25, 0.3) is 5.91 Å². The average Bonchev–Trinajstić information content (AvgIpc) is 2.71. The van der Waals surface area contributed by atoms with Crippen molar-refractivity contribution in [3.8, 4) is 5.75 Å². The lowest BCUT2D eigenvalue weighted by molar-refractivity contribution is -0.131. The highest BCUT2D eigenvalue weighted by molar-refractivity contribution is 5.98. The summed E-state index contributed by atoms with van der Waals surface area (Å²) < 4.78 is 5.46. The number of para-hydroxylation sites is 2. The van der Waals surface area contributed by atoms with Crippen LogP contribution in [0.2, 0.25) is 0 Å². The first-order chi connectivity index (χ1) is 13.5. The van der Waals surface area contributed by atoms with Gasteiger partial charge in [-0.15, -0.1) is 0 Å². The fourth-order valence-corrected chi connectivity index (χ4v) is 3.26. The lowest BCUT2D eigenvalue weighted by Gasteiger charge is -2.30. The summed E-state index contributed by atoms with van der Waals surface area (Å²) >= 11 is 0. The zero-order valence-corrected chi connectivity index (χ0v) is 16.7. The Bertz CT molecular complexity index is 833. The number of rotatable bonds is 7. The predicted molar refractivity (Wildman–Crippen MR) is 111 cm³/mol. The molecule has 2 aromatic carbocycles. The van der Waals surface area contributed by atoms with Crippen LogP contribution in [0.5, 0.6) is 5.75 Å². The predicted octanol–water partition coefficient (Wildman–Crippen LogP) is 2.92. The van der Waals surface area contributed by atoms with Gasteiger partial charge in [-0.1, -0.05) is 24.3 Å². The molecule has 0 saturated heterocycles. The first-order valence-corrected chi connectivity index (χ1v) is 9.56. The molecule has 1 aliphatic heterocycles. The van der Waals surface area contributed by atoms with E-state index in [0.29, 0.717) is 25.4 Å². The normalized spacial score (nSPS) is 13.0. The third kappa shape index (κ3) is 4.44. The SMILES string of the molecule is CCN(Cc1ccc(N(C)C)cc1)C(=O)CCN1C(=O)COc2ccccc21. The fraction of sp³-hybridized carbons (Fsp3) is 0.364. The van der Waals surface area contributed by atoms with Gasteiger partial charge in [0.05, 0.1) is 5.69 Å². The van der Waals surface area contributed by atoms with Crippen LogP contribution in [0.1, 0.15) is 18.9 Å². The number of ether oxygens (including phenoxy) is 1. The summed E-state index contributed by atoms with van der Waals surface area (Å²) in [5.41, 5.74) is 2.95. The number of benzene rings is 2. The lowest BCUT2D eigenvalue weighted by atomic mass is 10.1. The number of nitrogens with zero attached hydrogens (tertiary/aromatic N) is 3. The molecule has 6 heteroatoms. The zero-order chi connectivity index (χ0) is 20.1. The second-order valence-electron chi connectivity index (χ2n) is 7.02. The van der Waals surface area contributed by atoms with Crippen LogP contribution in [-0.2, 0) is 16.1 Å². The molecular formula is C22H27N3O3. The van der Waals surface area contributed by atoms with Crippen LogP contribution in [0, 0.1) is 0 Å². The number of carbonyl (C=O) groups excluding carboxylic acids is 2. The van der Waals surface area contributed by atoms with E-state index in [1.165, 1.54) is 0 Å². The van der Waals surface area contributed by atoms with E-state index < -0.39 is 0 Å². The van der Waals surface area contributed by atoms with E-state index in [-0.39, 0.29) is 24.8 Å². The Labute approximate surface area is 166 Å². The minimum atomic E-state index is -0.117. The minimum absolute atomic E-state index is 0.0148. The molecule has 3 rings (SSSR count). The highest BCUT2D eigenvalue weighted by Crippen LogP contribution is 2.31. The number of anilines is 2. The van der Waals surface area contributed by atoms with Gasteiger partial charge in [-0.25, -0.2) is 0 Å². The number of fused-ring (bicyclic) bond motifs is 1. The molecule has 0 radical (unpaired) electrons. The van der Waals surface area contributed by atoms with Crippen molar-refractivity contribution in [3.63, 3.8) is 0 Å². The van der Waals surface area contributed by atoms with Gasteiger partial charge in [-0.05, 0) is 36.8 Å². The van der Waals surface area contributed by atoms with Crippen molar-refractivity contribution in [2.75, 3.05) is 43.6 Å². The molecule has 0 aromatic heterocycles. The third-order valence-corrected chi connectivity index (χ3v) is 4.92. The molecule has 1 heterocycles. The van der Waals surface area contributed by atoms with Gasteiger partial charge >= 0.3 is 0 Å². The Morgan fingerprint density at radius 3 is 2.50 bits per heavy atom. The first kappa shape index (κ1) is 19.7. The largest absolute Gasteiger partial charge is 0.482 e. The second kappa shape index (κ2) is 8.78. The molecule has 28 heavy (non-hydrogen) atoms. The maximum Gasteiger partial charge on any atom is 0.265 e. The molecule has 6 nitrogen and oxygen atoms in total. The maximum absolute atomic E-state index is 12.8. The Morgan fingerprint density at radius 2 is 1.82 bits per heavy atom. The lowest BCUT2D eigenvalue weighted by Crippen LogP contribution is -2.41. The summed E-state index contributed by atoms with van der Waals surface area (Å²) in [6, 6.07) is 15.6. The van der Waals surface area contributed by atoms with Crippen LogP contribution >= 0.6 is 0 Å². The van der Waals surface area contributed by atoms with E-state index >= 15 is 0 Å². The fourth-order valence-electron chi connectivity index (χ4n) is 3.26. The van der Waals surface area contributed by atoms with Crippen LogP contribution in [0.3, 0.4) is 0 Å². The average molecular weight is 381 g/mol. The number of hydrogen-bond acceptors (Lipinski definition) is 4. The highest BCUT2D eigenvalue weighted by atomic mass is 16.5. The van der Waals surface area contributed by atoms with Gasteiger partial charge in [-0.2, -0.15) is 0 Å². The van der Waals surface area contributed by atoms with Gasteiger partial charge in [0.1, 0.15) is 5.75 Å². The van der Waals surface area contributed by atoms with Crippen molar-refractivity contribution >= 4 is 23.2 Å². The Morgan fingerprint density at radius 1 is 1.11 bits per heavy atom. The van der Waals surface area contributed by atoms with E-state index in [2.05, 4.69) is 12.1 Å². The van der Waals surface area contributed by atoms with E-state index in [1.807, 2.05) is 67.2 Å². The van der Waals surface area contributed by atoms with Crippen molar-refractivity contribution in [2.45, 2.75) is 19.9 Å². The molecule has 0 fully saturated rings. The summed E-state index contributed by atoms with van der Waals surface area (Å²) in [6.07, 6.45) is 0.281. The van der Waals surface area contributed by atoms with Crippen LogP contribution in [0.15, 0.2) is 48.5 Å². The summed E-state index contributed by atoms with van der Waals surface area (Å²) in [6.45, 7) is 3.54. The molecule has 0 aliphatic carbocycles. The Hall–Kier alpha value is -3.02. The molecule has 148 valence electrons. The van der Waals surface area contributed by atoms with Gasteiger partial charge in [0, 0.05) is 45.8 Å². The van der Waals surface area contributed by atoms with Crippen LogP contribution in [0.4, 0.5) is 11.4 Å². The number of amides is 2. The van der Waals surface area contributed by atoms with Gasteiger partial charge in [0.2, 0.25) is 5.91 Å². The molecule has 0 atom stereocenters. The smallest absolute Gasteiger partial charge is 0.265 e. The van der Waals surface area contributed by atoms with Crippen molar-refractivity contribution in [1.82, 2.24) is 4.90 Å². The Balaban J connectivity index is 1.62. The van der Waals surface area contributed by atoms with E-state index in [4.69, 9.17) is 4.74 Å². The van der Waals surface area contributed by atoms with Crippen LogP contribution < -0.4 is 14.5 Å². The summed E-state index contributed by atoms with van der Waals surface area (Å²) in [7, 11) is 4.00. The highest BCUT2D eigenvalue weighted by Gasteiger charge is 2.26. The van der Waals surface area contributed by atoms with E-state index in [1.54, 1.807) is 4.90 Å². The van der Waals surface area contributed by atoms with Gasteiger partial charge in [0.15, 0.2) is 6.61 Å². The van der Waals surface area contributed by atoms with E-state index in [9.17, 15) is 9.59 Å². The standard InChI is InChI=1S/C22H27N3O3/c1-4-24(15-17-9-11-18(12-10-17)23(2)3)21(26)13-14-25-19-7-5-6-8-20(19)28-16-22(25)27/h5-12H,4,13-16H2,1-3H3. The van der Waals surface area contributed by atoms with Crippen LogP contribution in [0.25, 0.3) is 0 Å². The van der Waals surface area contributed by atoms with Crippen molar-refractivity contribution in [3.05, 3.63) is 54.1 Å². The molecule has 0 saturated carbocycles. The molecule has 0 spiro atoms. The molecule has 0 bridgehead atoms. The number of hydrogen-bond donors (Lipinski definition) is 0. The molecular weight excluding hydrogens is 354 g/mol. The number of carbonyl (C=O) groups is 2. The minimum Gasteiger partial charge on any atom is -0.482 e. The molecule has 1 aliphatic rings. The summed E-state index contributed by atoms with van der Waals surface area (Å²) in [5, 5.41) is 0. The third-order valence-electron chi connectivity index (χ3n) is 4.92. The topological polar surface area (TPSA) is 53.1 Å². The van der Waals surface area contributed by atoms with Crippen molar-refractivity contribution in [1.29, 1.82) is 0 Å². The van der Waals surface area contributed by atoms with Crippen molar-refractivity contribution in [2.24, 2.45) is 0 Å². The zero-order valence-electron chi connectivity index (χ0n) is 16.7. The van der Waals surface area contributed by atoms with Crippen molar-refractivity contribution < 1.29 is 14.3 Å². The van der Waals surface area contributed by atoms with E-state index in [0.717, 1.165) is 16.9 Å². The maximum atomic E-state index is 12.8. The molecule has 2 amide bonds. The van der Waals surface area contributed by atoms with Gasteiger partial charge in [-0.3, -0.25) is 9.59 Å². The quantitative estimate of drug-likeness (QED) is 0.740. The first-order valence-electron chi connectivity index (χ1n) is 9.56. The Kier molecular flexibility index (Phi) is 6.19. The molecule has 0 N–H and O–H groups in total. The molecule has 0 unspecified atom stereocenters. The summed E-state index contributed by atoms with van der Waals surface area (Å²) in [5.74, 6) is 0.604. The summed E-state index contributed by atoms with van der Waals surface area (Å²) in [4.78, 5) is 30.5.